The van der Waals surface area contributed by atoms with Crippen LogP contribution in [0.4, 0.5) is 0 Å². The van der Waals surface area contributed by atoms with Crippen LogP contribution >= 0.6 is 0 Å². The van der Waals surface area contributed by atoms with Crippen LogP contribution in [0.3, 0.4) is 0 Å². The van der Waals surface area contributed by atoms with Gasteiger partial charge in [0.15, 0.2) is 11.5 Å². The molecule has 6 heteroatoms. The third-order valence-electron chi connectivity index (χ3n) is 2.79. The van der Waals surface area contributed by atoms with Gasteiger partial charge in [0.2, 0.25) is 0 Å². The van der Waals surface area contributed by atoms with Crippen molar-refractivity contribution in [3.05, 3.63) is 29.9 Å². The van der Waals surface area contributed by atoms with Gasteiger partial charge in [0.1, 0.15) is 6.61 Å². The Balaban J connectivity index is 1.84. The van der Waals surface area contributed by atoms with Crippen molar-refractivity contribution in [3.8, 4) is 5.75 Å². The average Bonchev–Trinajstić information content (AvgIpc) is 3.03. The standard InChI is InChI=1S/C14H22N4O2/c1-10(2)15-6-12-5-13(20-17-12)9-19-14-7-16-18(8-14)11(3)4/h5,7-8,10-11,15H,6,9H2,1-4H3. The summed E-state index contributed by atoms with van der Waals surface area (Å²) < 4.78 is 12.7. The van der Waals surface area contributed by atoms with Crippen molar-refractivity contribution in [2.75, 3.05) is 0 Å². The summed E-state index contributed by atoms with van der Waals surface area (Å²) in [4.78, 5) is 0. The molecule has 0 saturated carbocycles. The van der Waals surface area contributed by atoms with Crippen LogP contribution in [0.25, 0.3) is 0 Å². The molecule has 2 aromatic heterocycles. The molecule has 0 aromatic carbocycles. The molecule has 6 nitrogen and oxygen atoms in total. The topological polar surface area (TPSA) is 65.1 Å². The maximum Gasteiger partial charge on any atom is 0.174 e. The quantitative estimate of drug-likeness (QED) is 0.843. The van der Waals surface area contributed by atoms with Crippen LogP contribution in [0, 0.1) is 0 Å². The Morgan fingerprint density at radius 1 is 1.35 bits per heavy atom. The van der Waals surface area contributed by atoms with Gasteiger partial charge in [0, 0.05) is 24.7 Å². The minimum Gasteiger partial charge on any atom is -0.482 e. The van der Waals surface area contributed by atoms with E-state index in [-0.39, 0.29) is 0 Å². The van der Waals surface area contributed by atoms with E-state index in [9.17, 15) is 0 Å². The second-order valence-electron chi connectivity index (χ2n) is 5.36. The fourth-order valence-electron chi connectivity index (χ4n) is 1.65. The van der Waals surface area contributed by atoms with Crippen LogP contribution < -0.4 is 10.1 Å². The Labute approximate surface area is 119 Å². The van der Waals surface area contributed by atoms with Gasteiger partial charge in [-0.05, 0) is 13.8 Å². The van der Waals surface area contributed by atoms with Crippen LogP contribution in [0.1, 0.15) is 45.2 Å². The predicted octanol–water partition coefficient (Wildman–Crippen LogP) is 2.53. The highest BCUT2D eigenvalue weighted by Crippen LogP contribution is 2.14. The predicted molar refractivity (Wildman–Crippen MR) is 75.4 cm³/mol. The van der Waals surface area contributed by atoms with Gasteiger partial charge in [-0.2, -0.15) is 5.10 Å². The maximum atomic E-state index is 5.62. The Hall–Kier alpha value is -1.82. The molecule has 0 amide bonds. The second kappa shape index (κ2) is 6.56. The number of aromatic nitrogens is 3. The number of nitrogens with one attached hydrogen (secondary N) is 1. The summed E-state index contributed by atoms with van der Waals surface area (Å²) in [5.41, 5.74) is 0.884. The molecule has 0 radical (unpaired) electrons. The van der Waals surface area contributed by atoms with Gasteiger partial charge >= 0.3 is 0 Å². The molecule has 0 unspecified atom stereocenters. The molecule has 1 N–H and O–H groups in total. The van der Waals surface area contributed by atoms with Crippen molar-refractivity contribution < 1.29 is 9.26 Å². The Morgan fingerprint density at radius 2 is 2.15 bits per heavy atom. The van der Waals surface area contributed by atoms with Gasteiger partial charge in [-0.15, -0.1) is 0 Å². The molecule has 0 aliphatic rings. The van der Waals surface area contributed by atoms with Gasteiger partial charge < -0.3 is 14.6 Å². The first-order chi connectivity index (χ1) is 9.54. The largest absolute Gasteiger partial charge is 0.482 e. The van der Waals surface area contributed by atoms with Crippen molar-refractivity contribution in [1.82, 2.24) is 20.3 Å². The van der Waals surface area contributed by atoms with E-state index in [0.29, 0.717) is 31.0 Å². The minimum atomic E-state index is 0.325. The molecule has 0 aliphatic carbocycles. The molecule has 0 saturated heterocycles. The van der Waals surface area contributed by atoms with Crippen molar-refractivity contribution in [3.63, 3.8) is 0 Å². The second-order valence-corrected chi connectivity index (χ2v) is 5.36. The summed E-state index contributed by atoms with van der Waals surface area (Å²) >= 11 is 0. The molecule has 2 heterocycles. The van der Waals surface area contributed by atoms with Crippen molar-refractivity contribution >= 4 is 0 Å². The molecule has 0 aliphatic heterocycles. The lowest BCUT2D eigenvalue weighted by Gasteiger charge is -2.04. The molecule has 0 atom stereocenters. The van der Waals surface area contributed by atoms with Crippen molar-refractivity contribution in [2.45, 2.75) is 52.9 Å². The first kappa shape index (κ1) is 14.6. The van der Waals surface area contributed by atoms with E-state index < -0.39 is 0 Å². The van der Waals surface area contributed by atoms with E-state index in [2.05, 4.69) is 43.3 Å². The molecule has 0 bridgehead atoms. The Kier molecular flexibility index (Phi) is 4.79. The van der Waals surface area contributed by atoms with Crippen LogP contribution in [0.5, 0.6) is 5.75 Å². The third kappa shape index (κ3) is 4.09. The summed E-state index contributed by atoms with van der Waals surface area (Å²) in [5, 5.41) is 11.5. The zero-order chi connectivity index (χ0) is 14.5. The van der Waals surface area contributed by atoms with Crippen LogP contribution in [-0.2, 0) is 13.2 Å². The minimum absolute atomic E-state index is 0.325. The SMILES string of the molecule is CC(C)NCc1cc(COc2cnn(C(C)C)c2)on1. The number of rotatable bonds is 7. The fraction of sp³-hybridized carbons (Fsp3) is 0.571. The zero-order valence-electron chi connectivity index (χ0n) is 12.5. The van der Waals surface area contributed by atoms with Gasteiger partial charge in [-0.3, -0.25) is 4.68 Å². The molecule has 20 heavy (non-hydrogen) atoms. The highest BCUT2D eigenvalue weighted by molar-refractivity contribution is 5.13. The molecular weight excluding hydrogens is 256 g/mol. The van der Waals surface area contributed by atoms with E-state index in [1.165, 1.54) is 0 Å². The van der Waals surface area contributed by atoms with E-state index in [1.807, 2.05) is 16.9 Å². The van der Waals surface area contributed by atoms with E-state index in [0.717, 1.165) is 11.4 Å². The fourth-order valence-corrected chi connectivity index (χ4v) is 1.65. The smallest absolute Gasteiger partial charge is 0.174 e. The van der Waals surface area contributed by atoms with E-state index >= 15 is 0 Å². The first-order valence-corrected chi connectivity index (χ1v) is 6.89. The lowest BCUT2D eigenvalue weighted by atomic mass is 10.3. The maximum absolute atomic E-state index is 5.62. The van der Waals surface area contributed by atoms with Crippen LogP contribution in [0.15, 0.2) is 23.0 Å². The van der Waals surface area contributed by atoms with Crippen molar-refractivity contribution in [1.29, 1.82) is 0 Å². The monoisotopic (exact) mass is 278 g/mol. The normalized spacial score (nSPS) is 11.5. The summed E-state index contributed by atoms with van der Waals surface area (Å²) in [6.45, 7) is 9.39. The molecule has 110 valence electrons. The molecular formula is C14H22N4O2. The Morgan fingerprint density at radius 3 is 2.80 bits per heavy atom. The number of hydrogen-bond acceptors (Lipinski definition) is 5. The summed E-state index contributed by atoms with van der Waals surface area (Å²) in [7, 11) is 0. The lowest BCUT2D eigenvalue weighted by molar-refractivity contribution is 0.248. The first-order valence-electron chi connectivity index (χ1n) is 6.89. The molecule has 0 fully saturated rings. The number of nitrogens with zero attached hydrogens (tertiary/aromatic N) is 3. The Bertz CT molecular complexity index is 531. The molecule has 2 aromatic rings. The molecule has 0 spiro atoms. The average molecular weight is 278 g/mol. The highest BCUT2D eigenvalue weighted by atomic mass is 16.5. The van der Waals surface area contributed by atoms with Gasteiger partial charge in [-0.1, -0.05) is 19.0 Å². The van der Waals surface area contributed by atoms with Crippen LogP contribution in [-0.4, -0.2) is 21.0 Å². The van der Waals surface area contributed by atoms with Crippen molar-refractivity contribution in [2.24, 2.45) is 0 Å². The highest BCUT2D eigenvalue weighted by Gasteiger charge is 2.07. The zero-order valence-corrected chi connectivity index (χ0v) is 12.5. The van der Waals surface area contributed by atoms with Gasteiger partial charge in [0.05, 0.1) is 18.1 Å². The summed E-state index contributed by atoms with van der Waals surface area (Å²) in [6, 6.07) is 2.65. The number of ether oxygens (including phenoxy) is 1. The lowest BCUT2D eigenvalue weighted by Crippen LogP contribution is -2.21. The summed E-state index contributed by atoms with van der Waals surface area (Å²) in [5.74, 6) is 1.44. The van der Waals surface area contributed by atoms with E-state index in [1.54, 1.807) is 6.20 Å². The van der Waals surface area contributed by atoms with Crippen LogP contribution in [0.2, 0.25) is 0 Å². The van der Waals surface area contributed by atoms with Gasteiger partial charge in [-0.25, -0.2) is 0 Å². The molecule has 2 rings (SSSR count). The van der Waals surface area contributed by atoms with E-state index in [4.69, 9.17) is 9.26 Å². The van der Waals surface area contributed by atoms with Gasteiger partial charge in [0.25, 0.3) is 0 Å². The third-order valence-corrected chi connectivity index (χ3v) is 2.79. The number of hydrogen-bond donors (Lipinski definition) is 1. The summed E-state index contributed by atoms with van der Waals surface area (Å²) in [6.07, 6.45) is 3.58.